The van der Waals surface area contributed by atoms with Gasteiger partial charge in [-0.1, -0.05) is 6.07 Å². The predicted octanol–water partition coefficient (Wildman–Crippen LogP) is 1.87. The zero-order valence-electron chi connectivity index (χ0n) is 13.4. The molecule has 2 rings (SSSR count). The van der Waals surface area contributed by atoms with E-state index in [-0.39, 0.29) is 17.7 Å². The van der Waals surface area contributed by atoms with Gasteiger partial charge in [0.1, 0.15) is 0 Å². The van der Waals surface area contributed by atoms with Crippen LogP contribution in [0.15, 0.2) is 18.2 Å². The molecule has 1 aromatic carbocycles. The number of carbonyl (C=O) groups is 1. The summed E-state index contributed by atoms with van der Waals surface area (Å²) in [5.41, 5.74) is 6.34. The number of carbonyl (C=O) groups excluding carboxylic acids is 1. The minimum atomic E-state index is -0.455. The van der Waals surface area contributed by atoms with E-state index in [2.05, 4.69) is 0 Å². The number of nitrogens with two attached hydrogens (primary N) is 1. The summed E-state index contributed by atoms with van der Waals surface area (Å²) in [6, 6.07) is 4.63. The maximum Gasteiger partial charge on any atom is 0.273 e. The topological polar surface area (TPSA) is 98.7 Å². The minimum absolute atomic E-state index is 0.0177. The fraction of sp³-hybridized carbons (Fsp3) is 0.562. The molecule has 7 nitrogen and oxygen atoms in total. The number of aryl methyl sites for hydroxylation is 1. The molecule has 0 unspecified atom stereocenters. The summed E-state index contributed by atoms with van der Waals surface area (Å²) in [7, 11) is 0. The number of nitro groups is 1. The van der Waals surface area contributed by atoms with Crippen molar-refractivity contribution >= 4 is 11.6 Å². The summed E-state index contributed by atoms with van der Waals surface area (Å²) >= 11 is 0. The molecule has 1 aliphatic rings. The Bertz CT molecular complexity index is 568. The SMILES string of the molecule is Cc1ccc(C(=O)N2CCC(OCCCN)CC2)cc1[N+](=O)[O-]. The van der Waals surface area contributed by atoms with E-state index >= 15 is 0 Å². The number of piperidine rings is 1. The van der Waals surface area contributed by atoms with Gasteiger partial charge in [0.15, 0.2) is 0 Å². The standard InChI is InChI=1S/C16H23N3O4/c1-12-3-4-13(11-15(12)19(21)22)16(20)18-8-5-14(6-9-18)23-10-2-7-17/h3-4,11,14H,2,5-10,17H2,1H3. The van der Waals surface area contributed by atoms with Crippen molar-refractivity contribution in [3.63, 3.8) is 0 Å². The van der Waals surface area contributed by atoms with E-state index in [9.17, 15) is 14.9 Å². The smallest absolute Gasteiger partial charge is 0.273 e. The highest BCUT2D eigenvalue weighted by Gasteiger charge is 2.25. The van der Waals surface area contributed by atoms with Crippen molar-refractivity contribution in [2.45, 2.75) is 32.3 Å². The third kappa shape index (κ3) is 4.49. The van der Waals surface area contributed by atoms with Crippen LogP contribution in [-0.2, 0) is 4.74 Å². The highest BCUT2D eigenvalue weighted by Crippen LogP contribution is 2.22. The first-order chi connectivity index (χ1) is 11.0. The average Bonchev–Trinajstić information content (AvgIpc) is 2.55. The second-order valence-corrected chi connectivity index (χ2v) is 5.76. The Morgan fingerprint density at radius 3 is 2.74 bits per heavy atom. The first-order valence-corrected chi connectivity index (χ1v) is 7.89. The van der Waals surface area contributed by atoms with Gasteiger partial charge in [-0.25, -0.2) is 0 Å². The maximum absolute atomic E-state index is 12.5. The molecule has 0 bridgehead atoms. The summed E-state index contributed by atoms with van der Waals surface area (Å²) in [5.74, 6) is -0.159. The van der Waals surface area contributed by atoms with E-state index in [0.717, 1.165) is 19.3 Å². The van der Waals surface area contributed by atoms with Crippen LogP contribution in [0.3, 0.4) is 0 Å². The fourth-order valence-corrected chi connectivity index (χ4v) is 2.68. The van der Waals surface area contributed by atoms with Crippen molar-refractivity contribution in [2.75, 3.05) is 26.2 Å². The number of benzene rings is 1. The largest absolute Gasteiger partial charge is 0.378 e. The molecule has 0 atom stereocenters. The second kappa shape index (κ2) is 8.03. The lowest BCUT2D eigenvalue weighted by Gasteiger charge is -2.32. The number of nitrogens with zero attached hydrogens (tertiary/aromatic N) is 2. The third-order valence-corrected chi connectivity index (χ3v) is 4.08. The van der Waals surface area contributed by atoms with E-state index < -0.39 is 4.92 Å². The molecule has 0 aliphatic carbocycles. The monoisotopic (exact) mass is 321 g/mol. The summed E-state index contributed by atoms with van der Waals surface area (Å²) in [5, 5.41) is 11.0. The minimum Gasteiger partial charge on any atom is -0.378 e. The van der Waals surface area contributed by atoms with E-state index in [1.165, 1.54) is 6.07 Å². The van der Waals surface area contributed by atoms with Gasteiger partial charge in [0, 0.05) is 36.9 Å². The highest BCUT2D eigenvalue weighted by molar-refractivity contribution is 5.95. The van der Waals surface area contributed by atoms with Crippen LogP contribution in [0.5, 0.6) is 0 Å². The van der Waals surface area contributed by atoms with Gasteiger partial charge in [0.25, 0.3) is 11.6 Å². The zero-order valence-corrected chi connectivity index (χ0v) is 13.4. The summed E-state index contributed by atoms with van der Waals surface area (Å²) in [6.07, 6.45) is 2.57. The molecule has 2 N–H and O–H groups in total. The molecule has 0 saturated carbocycles. The van der Waals surface area contributed by atoms with Gasteiger partial charge in [-0.05, 0) is 38.8 Å². The molecule has 0 radical (unpaired) electrons. The van der Waals surface area contributed by atoms with Crippen LogP contribution in [-0.4, -0.2) is 48.1 Å². The maximum atomic E-state index is 12.5. The molecule has 7 heteroatoms. The summed E-state index contributed by atoms with van der Waals surface area (Å²) in [6.45, 7) is 4.14. The van der Waals surface area contributed by atoms with Gasteiger partial charge in [-0.3, -0.25) is 14.9 Å². The number of hydrogen-bond donors (Lipinski definition) is 1. The van der Waals surface area contributed by atoms with Gasteiger partial charge in [-0.15, -0.1) is 0 Å². The molecule has 126 valence electrons. The Hall–Kier alpha value is -1.99. The first kappa shape index (κ1) is 17.4. The van der Waals surface area contributed by atoms with Crippen molar-refractivity contribution < 1.29 is 14.5 Å². The normalized spacial score (nSPS) is 15.7. The quantitative estimate of drug-likeness (QED) is 0.490. The zero-order chi connectivity index (χ0) is 16.8. The van der Waals surface area contributed by atoms with E-state index in [4.69, 9.17) is 10.5 Å². The molecule has 1 fully saturated rings. The molecule has 0 aromatic heterocycles. The predicted molar refractivity (Wildman–Crippen MR) is 86.4 cm³/mol. The molecular formula is C16H23N3O4. The number of amides is 1. The molecular weight excluding hydrogens is 298 g/mol. The lowest BCUT2D eigenvalue weighted by Crippen LogP contribution is -2.41. The molecule has 1 amide bonds. The van der Waals surface area contributed by atoms with Crippen molar-refractivity contribution in [2.24, 2.45) is 5.73 Å². The third-order valence-electron chi connectivity index (χ3n) is 4.08. The Kier molecular flexibility index (Phi) is 6.06. The lowest BCUT2D eigenvalue weighted by atomic mass is 10.0. The van der Waals surface area contributed by atoms with Crippen LogP contribution in [0.25, 0.3) is 0 Å². The number of ether oxygens (including phenoxy) is 1. The first-order valence-electron chi connectivity index (χ1n) is 7.89. The van der Waals surface area contributed by atoms with E-state index in [1.54, 1.807) is 24.0 Å². The molecule has 1 aliphatic heterocycles. The van der Waals surface area contributed by atoms with E-state index in [0.29, 0.717) is 37.4 Å². The molecule has 1 saturated heterocycles. The van der Waals surface area contributed by atoms with Crippen LogP contribution >= 0.6 is 0 Å². The molecule has 0 spiro atoms. The van der Waals surface area contributed by atoms with Crippen LogP contribution < -0.4 is 5.73 Å². The van der Waals surface area contributed by atoms with Crippen molar-refractivity contribution in [1.82, 2.24) is 4.90 Å². The Morgan fingerprint density at radius 2 is 2.13 bits per heavy atom. The number of nitro benzene ring substituents is 1. The van der Waals surface area contributed by atoms with Gasteiger partial charge in [-0.2, -0.15) is 0 Å². The Balaban J connectivity index is 1.95. The van der Waals surface area contributed by atoms with Crippen LogP contribution in [0, 0.1) is 17.0 Å². The number of hydrogen-bond acceptors (Lipinski definition) is 5. The molecule has 1 heterocycles. The van der Waals surface area contributed by atoms with Gasteiger partial charge >= 0.3 is 0 Å². The molecule has 1 aromatic rings. The van der Waals surface area contributed by atoms with Crippen molar-refractivity contribution in [3.05, 3.63) is 39.4 Å². The van der Waals surface area contributed by atoms with Crippen LogP contribution in [0.1, 0.15) is 35.2 Å². The second-order valence-electron chi connectivity index (χ2n) is 5.76. The van der Waals surface area contributed by atoms with Gasteiger partial charge in [0.05, 0.1) is 11.0 Å². The highest BCUT2D eigenvalue weighted by atomic mass is 16.6. The van der Waals surface area contributed by atoms with Crippen molar-refractivity contribution in [1.29, 1.82) is 0 Å². The fourth-order valence-electron chi connectivity index (χ4n) is 2.68. The molecule has 23 heavy (non-hydrogen) atoms. The average molecular weight is 321 g/mol. The van der Waals surface area contributed by atoms with E-state index in [1.807, 2.05) is 0 Å². The van der Waals surface area contributed by atoms with Crippen LogP contribution in [0.2, 0.25) is 0 Å². The van der Waals surface area contributed by atoms with Gasteiger partial charge in [0.2, 0.25) is 0 Å². The lowest BCUT2D eigenvalue weighted by molar-refractivity contribution is -0.385. The van der Waals surface area contributed by atoms with Crippen molar-refractivity contribution in [3.8, 4) is 0 Å². The Morgan fingerprint density at radius 1 is 1.43 bits per heavy atom. The number of rotatable bonds is 6. The van der Waals surface area contributed by atoms with Gasteiger partial charge < -0.3 is 15.4 Å². The number of likely N-dealkylation sites (tertiary alicyclic amines) is 1. The summed E-state index contributed by atoms with van der Waals surface area (Å²) < 4.78 is 5.72. The van der Waals surface area contributed by atoms with Crippen LogP contribution in [0.4, 0.5) is 5.69 Å². The Labute approximate surface area is 135 Å². The summed E-state index contributed by atoms with van der Waals surface area (Å²) in [4.78, 5) is 24.8.